The van der Waals surface area contributed by atoms with Crippen LogP contribution in [0.5, 0.6) is 11.5 Å². The molecule has 0 fully saturated rings. The zero-order valence-electron chi connectivity index (χ0n) is 16.6. The van der Waals surface area contributed by atoms with E-state index in [-0.39, 0.29) is 22.3 Å². The standard InChI is InChI=1S/C20H23ClN2O5S/c1-20(2)11-17(14-7-6-13(27-3)10-18(14)28-20)22-19(24)15-9-12(5-8-16(15)21)23-29(4,25)26/h5-10,17,23H,11H2,1-4H3,(H,22,24)/t17-/m0/s1. The number of sulfonamides is 1. The first-order valence-corrected chi connectivity index (χ1v) is 11.2. The molecule has 0 aromatic heterocycles. The number of hydrogen-bond acceptors (Lipinski definition) is 5. The van der Waals surface area contributed by atoms with E-state index in [4.69, 9.17) is 21.1 Å². The molecule has 2 aromatic carbocycles. The highest BCUT2D eigenvalue weighted by molar-refractivity contribution is 7.92. The molecular formula is C20H23ClN2O5S. The average molecular weight is 439 g/mol. The number of rotatable bonds is 5. The van der Waals surface area contributed by atoms with Crippen LogP contribution in [0.15, 0.2) is 36.4 Å². The van der Waals surface area contributed by atoms with Crippen molar-refractivity contribution < 1.29 is 22.7 Å². The zero-order valence-corrected chi connectivity index (χ0v) is 18.1. The minimum absolute atomic E-state index is 0.180. The van der Waals surface area contributed by atoms with Gasteiger partial charge in [0.2, 0.25) is 10.0 Å². The van der Waals surface area contributed by atoms with Gasteiger partial charge in [0, 0.05) is 23.7 Å². The van der Waals surface area contributed by atoms with Crippen LogP contribution < -0.4 is 19.5 Å². The summed E-state index contributed by atoms with van der Waals surface area (Å²) in [6.07, 6.45) is 1.59. The van der Waals surface area contributed by atoms with Gasteiger partial charge in [0.05, 0.1) is 30.0 Å². The molecule has 3 rings (SSSR count). The van der Waals surface area contributed by atoms with Crippen LogP contribution in [-0.4, -0.2) is 33.3 Å². The van der Waals surface area contributed by atoms with Crippen LogP contribution in [0.1, 0.15) is 42.2 Å². The lowest BCUT2D eigenvalue weighted by atomic mass is 9.89. The molecule has 29 heavy (non-hydrogen) atoms. The van der Waals surface area contributed by atoms with Crippen molar-refractivity contribution in [1.82, 2.24) is 5.32 Å². The van der Waals surface area contributed by atoms with Gasteiger partial charge < -0.3 is 14.8 Å². The molecule has 0 radical (unpaired) electrons. The van der Waals surface area contributed by atoms with Gasteiger partial charge >= 0.3 is 0 Å². The molecule has 1 amide bonds. The van der Waals surface area contributed by atoms with Gasteiger partial charge in [0.1, 0.15) is 17.1 Å². The summed E-state index contributed by atoms with van der Waals surface area (Å²) in [7, 11) is -1.90. The van der Waals surface area contributed by atoms with Crippen LogP contribution in [0.2, 0.25) is 5.02 Å². The maximum Gasteiger partial charge on any atom is 0.253 e. The van der Waals surface area contributed by atoms with Gasteiger partial charge in [-0.3, -0.25) is 9.52 Å². The first kappa shape index (κ1) is 21.3. The lowest BCUT2D eigenvalue weighted by Gasteiger charge is -2.38. The molecule has 1 aliphatic rings. The Kier molecular flexibility index (Phi) is 5.69. The summed E-state index contributed by atoms with van der Waals surface area (Å²) in [5.74, 6) is 0.898. The fraction of sp³-hybridized carbons (Fsp3) is 0.350. The van der Waals surface area contributed by atoms with Crippen LogP contribution in [0.25, 0.3) is 0 Å². The number of anilines is 1. The molecule has 0 bridgehead atoms. The van der Waals surface area contributed by atoms with Crippen molar-refractivity contribution in [3.8, 4) is 11.5 Å². The summed E-state index contributed by atoms with van der Waals surface area (Å²) in [4.78, 5) is 13.0. The molecule has 7 nitrogen and oxygen atoms in total. The smallest absolute Gasteiger partial charge is 0.253 e. The predicted molar refractivity (Wildman–Crippen MR) is 112 cm³/mol. The summed E-state index contributed by atoms with van der Waals surface area (Å²) in [6.45, 7) is 3.89. The van der Waals surface area contributed by atoms with Gasteiger partial charge in [-0.05, 0) is 44.2 Å². The number of ether oxygens (including phenoxy) is 2. The highest BCUT2D eigenvalue weighted by Crippen LogP contribution is 2.41. The van der Waals surface area contributed by atoms with Crippen molar-refractivity contribution >= 4 is 33.2 Å². The lowest BCUT2D eigenvalue weighted by Crippen LogP contribution is -2.41. The summed E-state index contributed by atoms with van der Waals surface area (Å²) in [6, 6.07) is 9.54. The predicted octanol–water partition coefficient (Wildman–Crippen LogP) is 3.75. The van der Waals surface area contributed by atoms with E-state index in [0.717, 1.165) is 11.8 Å². The number of nitrogens with one attached hydrogen (secondary N) is 2. The molecule has 2 N–H and O–H groups in total. The minimum Gasteiger partial charge on any atom is -0.497 e. The third-order valence-corrected chi connectivity index (χ3v) is 5.43. The fourth-order valence-corrected chi connectivity index (χ4v) is 4.06. The summed E-state index contributed by atoms with van der Waals surface area (Å²) in [5.41, 5.74) is 0.778. The second kappa shape index (κ2) is 7.76. The van der Waals surface area contributed by atoms with Gasteiger partial charge in [-0.2, -0.15) is 0 Å². The number of fused-ring (bicyclic) bond motifs is 1. The number of amides is 1. The second-order valence-corrected chi connectivity index (χ2v) is 9.72. The van der Waals surface area contributed by atoms with E-state index in [2.05, 4.69) is 10.0 Å². The Morgan fingerprint density at radius 1 is 1.24 bits per heavy atom. The quantitative estimate of drug-likeness (QED) is 0.741. The Hall–Kier alpha value is -2.45. The highest BCUT2D eigenvalue weighted by atomic mass is 35.5. The Morgan fingerprint density at radius 3 is 2.62 bits per heavy atom. The van der Waals surface area contributed by atoms with Crippen LogP contribution in [0.3, 0.4) is 0 Å². The van der Waals surface area contributed by atoms with Crippen molar-refractivity contribution in [3.05, 3.63) is 52.5 Å². The first-order valence-electron chi connectivity index (χ1n) is 8.92. The molecule has 1 aliphatic heterocycles. The van der Waals surface area contributed by atoms with Gasteiger partial charge in [0.25, 0.3) is 5.91 Å². The van der Waals surface area contributed by atoms with Crippen LogP contribution in [-0.2, 0) is 10.0 Å². The number of carbonyl (C=O) groups excluding carboxylic acids is 1. The van der Waals surface area contributed by atoms with E-state index < -0.39 is 21.5 Å². The maximum absolute atomic E-state index is 13.0. The Morgan fingerprint density at radius 2 is 1.97 bits per heavy atom. The lowest BCUT2D eigenvalue weighted by molar-refractivity contribution is 0.0617. The van der Waals surface area contributed by atoms with E-state index in [1.807, 2.05) is 26.0 Å². The molecule has 0 saturated carbocycles. The average Bonchev–Trinajstić information content (AvgIpc) is 2.60. The van der Waals surface area contributed by atoms with Crippen molar-refractivity contribution in [2.45, 2.75) is 31.9 Å². The minimum atomic E-state index is -3.47. The molecule has 2 aromatic rings. The molecule has 9 heteroatoms. The number of hydrogen-bond donors (Lipinski definition) is 2. The van der Waals surface area contributed by atoms with Gasteiger partial charge in [0.15, 0.2) is 0 Å². The molecule has 156 valence electrons. The molecule has 0 unspecified atom stereocenters. The molecule has 1 heterocycles. The normalized spacial score (nSPS) is 17.6. The zero-order chi connectivity index (χ0) is 21.4. The summed E-state index contributed by atoms with van der Waals surface area (Å²) in [5, 5.41) is 3.22. The topological polar surface area (TPSA) is 93.7 Å². The fourth-order valence-electron chi connectivity index (χ4n) is 3.30. The second-order valence-electron chi connectivity index (χ2n) is 7.56. The van der Waals surface area contributed by atoms with Crippen molar-refractivity contribution in [2.24, 2.45) is 0 Å². The van der Waals surface area contributed by atoms with Crippen LogP contribution in [0.4, 0.5) is 5.69 Å². The van der Waals surface area contributed by atoms with Crippen LogP contribution in [0, 0.1) is 0 Å². The molecule has 0 spiro atoms. The molecule has 0 saturated heterocycles. The van der Waals surface area contributed by atoms with Crippen molar-refractivity contribution in [3.63, 3.8) is 0 Å². The van der Waals surface area contributed by atoms with Crippen LogP contribution >= 0.6 is 11.6 Å². The molecular weight excluding hydrogens is 416 g/mol. The molecule has 1 atom stereocenters. The van der Waals surface area contributed by atoms with E-state index in [0.29, 0.717) is 17.9 Å². The van der Waals surface area contributed by atoms with E-state index in [1.54, 1.807) is 13.2 Å². The maximum atomic E-state index is 13.0. The largest absolute Gasteiger partial charge is 0.497 e. The molecule has 0 aliphatic carbocycles. The number of halogens is 1. The van der Waals surface area contributed by atoms with Gasteiger partial charge in [-0.1, -0.05) is 11.6 Å². The summed E-state index contributed by atoms with van der Waals surface area (Å²) < 4.78 is 36.6. The number of methoxy groups -OCH3 is 1. The van der Waals surface area contributed by atoms with E-state index in [9.17, 15) is 13.2 Å². The van der Waals surface area contributed by atoms with Crippen molar-refractivity contribution in [1.29, 1.82) is 0 Å². The Labute approximate surface area is 175 Å². The van der Waals surface area contributed by atoms with Crippen molar-refractivity contribution in [2.75, 3.05) is 18.1 Å². The number of carbonyl (C=O) groups is 1. The Bertz CT molecular complexity index is 1050. The SMILES string of the molecule is COc1ccc2c(c1)OC(C)(C)C[C@@H]2NC(=O)c1cc(NS(C)(=O)=O)ccc1Cl. The monoisotopic (exact) mass is 438 g/mol. The van der Waals surface area contributed by atoms with E-state index >= 15 is 0 Å². The third kappa shape index (κ3) is 5.13. The van der Waals surface area contributed by atoms with Gasteiger partial charge in [-0.15, -0.1) is 0 Å². The number of benzene rings is 2. The third-order valence-electron chi connectivity index (χ3n) is 4.50. The highest BCUT2D eigenvalue weighted by Gasteiger charge is 2.35. The Balaban J connectivity index is 1.90. The van der Waals surface area contributed by atoms with E-state index in [1.165, 1.54) is 18.2 Å². The van der Waals surface area contributed by atoms with Gasteiger partial charge in [-0.25, -0.2) is 8.42 Å². The first-order chi connectivity index (χ1) is 13.5. The summed E-state index contributed by atoms with van der Waals surface area (Å²) >= 11 is 6.20.